The molecule has 0 aliphatic carbocycles. The Bertz CT molecular complexity index is 618. The highest BCUT2D eigenvalue weighted by Crippen LogP contribution is 2.41. The van der Waals surface area contributed by atoms with Gasteiger partial charge in [0.2, 0.25) is 0 Å². The number of allylic oxidation sites excluding steroid dienone is 2. The lowest BCUT2D eigenvalue weighted by Crippen LogP contribution is -2.20. The summed E-state index contributed by atoms with van der Waals surface area (Å²) in [5, 5.41) is 0. The van der Waals surface area contributed by atoms with Gasteiger partial charge < -0.3 is 4.74 Å². The average Bonchev–Trinajstić information content (AvgIpc) is 2.42. The molecule has 0 amide bonds. The van der Waals surface area contributed by atoms with Crippen LogP contribution in [-0.4, -0.2) is 19.3 Å². The van der Waals surface area contributed by atoms with Gasteiger partial charge in [0.25, 0.3) is 6.43 Å². The van der Waals surface area contributed by atoms with Gasteiger partial charge in [-0.05, 0) is 41.0 Å². The first-order chi connectivity index (χ1) is 10.9. The first-order valence-electron chi connectivity index (χ1n) is 8.10. The van der Waals surface area contributed by atoms with Crippen LogP contribution in [0, 0.1) is 0 Å². The number of alkyl halides is 2. The van der Waals surface area contributed by atoms with Crippen LogP contribution < -0.4 is 4.74 Å². The van der Waals surface area contributed by atoms with Gasteiger partial charge in [-0.3, -0.25) is 4.79 Å². The van der Waals surface area contributed by atoms with Crippen molar-refractivity contribution in [2.45, 2.75) is 65.7 Å². The minimum Gasteiger partial charge on any atom is -0.487 e. The molecule has 134 valence electrons. The van der Waals surface area contributed by atoms with Crippen molar-refractivity contribution in [3.63, 3.8) is 0 Å². The van der Waals surface area contributed by atoms with Crippen LogP contribution in [0.1, 0.15) is 65.2 Å². The van der Waals surface area contributed by atoms with Crippen LogP contribution in [0.15, 0.2) is 18.2 Å². The van der Waals surface area contributed by atoms with Gasteiger partial charge in [-0.1, -0.05) is 47.6 Å². The fourth-order valence-electron chi connectivity index (χ4n) is 2.41. The number of benzene rings is 1. The van der Waals surface area contributed by atoms with Gasteiger partial charge in [-0.2, -0.15) is 0 Å². The van der Waals surface area contributed by atoms with E-state index in [9.17, 15) is 13.6 Å². The lowest BCUT2D eigenvalue weighted by atomic mass is 9.78. The molecule has 24 heavy (non-hydrogen) atoms. The third-order valence-corrected chi connectivity index (χ3v) is 3.86. The van der Waals surface area contributed by atoms with Gasteiger partial charge in [-0.25, -0.2) is 8.78 Å². The van der Waals surface area contributed by atoms with Crippen molar-refractivity contribution in [3.8, 4) is 5.75 Å². The van der Waals surface area contributed by atoms with Crippen molar-refractivity contribution >= 4 is 11.9 Å². The highest BCUT2D eigenvalue weighted by Gasteiger charge is 2.27. The van der Waals surface area contributed by atoms with E-state index >= 15 is 0 Å². The number of halogens is 2. The summed E-state index contributed by atoms with van der Waals surface area (Å²) in [4.78, 5) is 10.9. The van der Waals surface area contributed by atoms with Gasteiger partial charge in [-0.15, -0.1) is 0 Å². The van der Waals surface area contributed by atoms with Crippen LogP contribution in [0.2, 0.25) is 0 Å². The number of carbonyl (C=O) groups is 1. The molecule has 1 aromatic carbocycles. The highest BCUT2D eigenvalue weighted by atomic mass is 19.3. The van der Waals surface area contributed by atoms with E-state index in [4.69, 9.17) is 4.74 Å². The van der Waals surface area contributed by atoms with Crippen LogP contribution in [0.4, 0.5) is 8.78 Å². The van der Waals surface area contributed by atoms with E-state index in [-0.39, 0.29) is 10.8 Å². The van der Waals surface area contributed by atoms with Crippen LogP contribution in [0.3, 0.4) is 0 Å². The van der Waals surface area contributed by atoms with Crippen molar-refractivity contribution in [2.75, 3.05) is 6.61 Å². The maximum absolute atomic E-state index is 12.7. The number of hydrogen-bond donors (Lipinski definition) is 0. The van der Waals surface area contributed by atoms with Crippen molar-refractivity contribution in [3.05, 3.63) is 34.9 Å². The molecule has 2 nitrogen and oxygen atoms in total. The van der Waals surface area contributed by atoms with Crippen LogP contribution in [0.5, 0.6) is 5.75 Å². The van der Waals surface area contributed by atoms with Crippen LogP contribution in [-0.2, 0) is 15.6 Å². The predicted molar refractivity (Wildman–Crippen MR) is 95.1 cm³/mol. The highest BCUT2D eigenvalue weighted by molar-refractivity contribution is 5.83. The van der Waals surface area contributed by atoms with E-state index in [0.717, 1.165) is 11.1 Å². The molecule has 0 heterocycles. The maximum Gasteiger partial charge on any atom is 0.272 e. The number of aldehydes is 1. The first kappa shape index (κ1) is 20.3. The minimum atomic E-state index is -2.55. The predicted octanol–water partition coefficient (Wildman–Crippen LogP) is 5.53. The number of hydrogen-bond acceptors (Lipinski definition) is 2. The molecule has 0 unspecified atom stereocenters. The van der Waals surface area contributed by atoms with E-state index in [0.29, 0.717) is 23.2 Å². The Balaban J connectivity index is 3.72. The van der Waals surface area contributed by atoms with Crippen molar-refractivity contribution in [1.82, 2.24) is 0 Å². The lowest BCUT2D eigenvalue weighted by molar-refractivity contribution is -0.104. The molecule has 0 saturated heterocycles. The number of ether oxygens (including phenoxy) is 1. The SMILES string of the molecule is C/C(=C\C=O)c1cc(C(C)(C)C)cc(C(C)(C)C)c1OCC(F)F. The fourth-order valence-corrected chi connectivity index (χ4v) is 2.41. The quantitative estimate of drug-likeness (QED) is 0.521. The summed E-state index contributed by atoms with van der Waals surface area (Å²) in [6.45, 7) is 13.5. The van der Waals surface area contributed by atoms with Gasteiger partial charge in [0, 0.05) is 11.1 Å². The molecule has 0 bridgehead atoms. The van der Waals surface area contributed by atoms with Crippen molar-refractivity contribution in [1.29, 1.82) is 0 Å². The molecule has 1 aromatic rings. The normalized spacial score (nSPS) is 13.3. The Morgan fingerprint density at radius 1 is 1.12 bits per heavy atom. The molecule has 1 rings (SSSR count). The largest absolute Gasteiger partial charge is 0.487 e. The molecule has 0 fully saturated rings. The second-order valence-corrected chi connectivity index (χ2v) is 8.09. The summed E-state index contributed by atoms with van der Waals surface area (Å²) in [7, 11) is 0. The summed E-state index contributed by atoms with van der Waals surface area (Å²) in [6.07, 6.45) is -0.417. The summed E-state index contributed by atoms with van der Waals surface area (Å²) < 4.78 is 30.9. The third kappa shape index (κ3) is 5.15. The van der Waals surface area contributed by atoms with Crippen molar-refractivity contribution < 1.29 is 18.3 Å². The van der Waals surface area contributed by atoms with E-state index in [1.54, 1.807) is 6.92 Å². The Hall–Kier alpha value is -1.71. The Morgan fingerprint density at radius 3 is 2.12 bits per heavy atom. The van der Waals surface area contributed by atoms with Crippen LogP contribution in [0.25, 0.3) is 5.57 Å². The average molecular weight is 338 g/mol. The molecule has 4 heteroatoms. The Morgan fingerprint density at radius 2 is 1.71 bits per heavy atom. The summed E-state index contributed by atoms with van der Waals surface area (Å²) in [5.74, 6) is 0.436. The Labute approximate surface area is 143 Å². The lowest BCUT2D eigenvalue weighted by Gasteiger charge is -2.29. The maximum atomic E-state index is 12.7. The molecule has 0 atom stereocenters. The molecular weight excluding hydrogens is 310 g/mol. The first-order valence-corrected chi connectivity index (χ1v) is 8.10. The standard InChI is InChI=1S/C20H28F2O2/c1-13(8-9-23)15-10-14(19(2,3)4)11-16(20(5,6)7)18(15)24-12-17(21)22/h8-11,17H,12H2,1-7H3/b13-8+. The zero-order valence-electron chi connectivity index (χ0n) is 15.7. The number of carbonyl (C=O) groups excluding carboxylic acids is 1. The molecule has 0 aromatic heterocycles. The van der Waals surface area contributed by atoms with Gasteiger partial charge in [0.15, 0.2) is 0 Å². The summed E-state index contributed by atoms with van der Waals surface area (Å²) in [5.41, 5.74) is 2.94. The minimum absolute atomic E-state index is 0.114. The molecule has 0 radical (unpaired) electrons. The van der Waals surface area contributed by atoms with E-state index < -0.39 is 13.0 Å². The van der Waals surface area contributed by atoms with E-state index in [1.807, 2.05) is 32.9 Å². The summed E-state index contributed by atoms with van der Waals surface area (Å²) in [6, 6.07) is 3.96. The molecular formula is C20H28F2O2. The third-order valence-electron chi connectivity index (χ3n) is 3.86. The monoisotopic (exact) mass is 338 g/mol. The zero-order valence-corrected chi connectivity index (χ0v) is 15.7. The zero-order chi connectivity index (χ0) is 18.7. The van der Waals surface area contributed by atoms with Crippen LogP contribution >= 0.6 is 0 Å². The fraction of sp³-hybridized carbons (Fsp3) is 0.550. The van der Waals surface area contributed by atoms with Gasteiger partial charge in [0.05, 0.1) is 0 Å². The molecule has 0 spiro atoms. The molecule has 0 N–H and O–H groups in total. The van der Waals surface area contributed by atoms with Crippen molar-refractivity contribution in [2.24, 2.45) is 0 Å². The number of rotatable bonds is 5. The van der Waals surface area contributed by atoms with Gasteiger partial charge >= 0.3 is 0 Å². The Kier molecular flexibility index (Phi) is 6.32. The summed E-state index contributed by atoms with van der Waals surface area (Å²) >= 11 is 0. The van der Waals surface area contributed by atoms with E-state index in [2.05, 4.69) is 20.8 Å². The topological polar surface area (TPSA) is 26.3 Å². The second-order valence-electron chi connectivity index (χ2n) is 8.09. The molecule has 0 saturated carbocycles. The smallest absolute Gasteiger partial charge is 0.272 e. The van der Waals surface area contributed by atoms with Gasteiger partial charge in [0.1, 0.15) is 18.6 Å². The molecule has 0 aliphatic heterocycles. The molecule has 0 aliphatic rings. The van der Waals surface area contributed by atoms with E-state index in [1.165, 1.54) is 6.08 Å². The second kappa shape index (κ2) is 7.45.